The van der Waals surface area contributed by atoms with E-state index in [2.05, 4.69) is 20.4 Å². The molecule has 0 aromatic carbocycles. The van der Waals surface area contributed by atoms with Gasteiger partial charge in [0, 0.05) is 17.4 Å². The third-order valence-electron chi connectivity index (χ3n) is 7.48. The fourth-order valence-electron chi connectivity index (χ4n) is 4.95. The van der Waals surface area contributed by atoms with Crippen molar-refractivity contribution in [1.29, 1.82) is 0 Å². The van der Waals surface area contributed by atoms with Gasteiger partial charge in [0.25, 0.3) is 0 Å². The number of Topliss-reactive ketones (excluding diaryl/α,β-unsaturated/α-hetero) is 1. The number of nitrogens with two attached hydrogens (primary N) is 1. The van der Waals surface area contributed by atoms with Crippen LogP contribution in [0.4, 0.5) is 0 Å². The lowest BCUT2D eigenvalue weighted by atomic mass is 9.76. The summed E-state index contributed by atoms with van der Waals surface area (Å²) in [5.41, 5.74) is 5.87. The van der Waals surface area contributed by atoms with E-state index in [4.69, 9.17) is 15.2 Å². The Morgan fingerprint density at radius 3 is 2.41 bits per heavy atom. The minimum atomic E-state index is -0.715. The van der Waals surface area contributed by atoms with Crippen LogP contribution in [-0.2, 0) is 19.1 Å². The number of ether oxygens (including phenoxy) is 2. The summed E-state index contributed by atoms with van der Waals surface area (Å²) in [5, 5.41) is 11.1. The maximum Gasteiger partial charge on any atom is 0.349 e. The van der Waals surface area contributed by atoms with Gasteiger partial charge in [0.1, 0.15) is 28.6 Å². The summed E-state index contributed by atoms with van der Waals surface area (Å²) in [7, 11) is 0. The fraction of sp³-hybridized carbons (Fsp3) is 0.667. The van der Waals surface area contributed by atoms with Crippen molar-refractivity contribution >= 4 is 23.5 Å². The molecule has 1 aliphatic heterocycles. The van der Waals surface area contributed by atoms with Gasteiger partial charge in [-0.1, -0.05) is 53.0 Å². The second kappa shape index (κ2) is 13.2. The molecule has 0 bridgehead atoms. The number of aliphatic hydroxyl groups excluding tert-OH is 1. The van der Waals surface area contributed by atoms with Crippen molar-refractivity contribution in [2.45, 2.75) is 105 Å². The predicted molar refractivity (Wildman–Crippen MR) is 152 cm³/mol. The smallest absolute Gasteiger partial charge is 0.349 e. The molecule has 0 radical (unpaired) electrons. The van der Waals surface area contributed by atoms with E-state index in [1.54, 1.807) is 6.08 Å². The van der Waals surface area contributed by atoms with Crippen molar-refractivity contribution in [3.8, 4) is 0 Å². The Bertz CT molecular complexity index is 948. The number of thioether (sulfide) groups is 1. The van der Waals surface area contributed by atoms with Crippen molar-refractivity contribution < 1.29 is 24.2 Å². The van der Waals surface area contributed by atoms with E-state index in [1.165, 1.54) is 6.92 Å². The van der Waals surface area contributed by atoms with E-state index < -0.39 is 11.6 Å². The number of hydrogen-bond acceptors (Lipinski definition) is 7. The lowest BCUT2D eigenvalue weighted by Crippen LogP contribution is -2.44. The van der Waals surface area contributed by atoms with Crippen LogP contribution in [0.15, 0.2) is 45.6 Å². The third kappa shape index (κ3) is 8.78. The van der Waals surface area contributed by atoms with Crippen molar-refractivity contribution in [3.63, 3.8) is 0 Å². The second-order valence-electron chi connectivity index (χ2n) is 11.9. The Kier molecular flexibility index (Phi) is 11.1. The highest BCUT2D eigenvalue weighted by Gasteiger charge is 2.45. The largest absolute Gasteiger partial charge is 0.511 e. The topological polar surface area (TPSA) is 98.9 Å². The molecule has 208 valence electrons. The van der Waals surface area contributed by atoms with Gasteiger partial charge in [-0.3, -0.25) is 4.79 Å². The van der Waals surface area contributed by atoms with Crippen molar-refractivity contribution in [1.82, 2.24) is 0 Å². The minimum Gasteiger partial charge on any atom is -0.511 e. The average Bonchev–Trinajstić information content (AvgIpc) is 2.80. The highest BCUT2D eigenvalue weighted by molar-refractivity contribution is 8.07. The third-order valence-corrected chi connectivity index (χ3v) is 8.55. The Hall–Kier alpha value is -1.99. The first-order valence-electron chi connectivity index (χ1n) is 13.5. The number of hydrogen-bond donors (Lipinski definition) is 2. The lowest BCUT2D eigenvalue weighted by Gasteiger charge is -2.41. The first kappa shape index (κ1) is 31.2. The van der Waals surface area contributed by atoms with E-state index in [9.17, 15) is 14.7 Å². The average molecular weight is 534 g/mol. The van der Waals surface area contributed by atoms with Crippen LogP contribution in [0.3, 0.4) is 0 Å². The summed E-state index contributed by atoms with van der Waals surface area (Å²) in [4.78, 5) is 25.5. The molecule has 0 spiro atoms. The van der Waals surface area contributed by atoms with E-state index in [1.807, 2.05) is 33.8 Å². The van der Waals surface area contributed by atoms with Crippen molar-refractivity contribution in [3.05, 3.63) is 45.6 Å². The quantitative estimate of drug-likeness (QED) is 0.166. The van der Waals surface area contributed by atoms with Gasteiger partial charge in [0.2, 0.25) is 0 Å². The second-order valence-corrected chi connectivity index (χ2v) is 13.0. The van der Waals surface area contributed by atoms with Gasteiger partial charge in [-0.15, -0.1) is 0 Å². The summed E-state index contributed by atoms with van der Waals surface area (Å²) >= 11 is 1.14. The van der Waals surface area contributed by atoms with Crippen LogP contribution in [0.5, 0.6) is 0 Å². The normalized spacial score (nSPS) is 25.8. The van der Waals surface area contributed by atoms with Crippen molar-refractivity contribution in [2.75, 3.05) is 6.61 Å². The maximum absolute atomic E-state index is 13.3. The Labute approximate surface area is 227 Å². The Morgan fingerprint density at radius 2 is 1.92 bits per heavy atom. The molecule has 3 N–H and O–H groups in total. The number of allylic oxidation sites excluding steroid dienone is 3. The highest BCUT2D eigenvalue weighted by atomic mass is 32.2. The molecule has 2 aliphatic rings. The first-order chi connectivity index (χ1) is 17.2. The van der Waals surface area contributed by atoms with Gasteiger partial charge in [0.15, 0.2) is 5.78 Å². The maximum atomic E-state index is 13.3. The van der Waals surface area contributed by atoms with Crippen LogP contribution in [0.2, 0.25) is 0 Å². The van der Waals surface area contributed by atoms with Gasteiger partial charge in [-0.2, -0.15) is 0 Å². The number of cyclic esters (lactones) is 1. The molecule has 37 heavy (non-hydrogen) atoms. The summed E-state index contributed by atoms with van der Waals surface area (Å²) in [6.07, 6.45) is 9.94. The molecule has 1 unspecified atom stereocenters. The van der Waals surface area contributed by atoms with Gasteiger partial charge < -0.3 is 20.3 Å². The van der Waals surface area contributed by atoms with Gasteiger partial charge in [-0.25, -0.2) is 4.79 Å². The fourth-order valence-corrected chi connectivity index (χ4v) is 5.99. The van der Waals surface area contributed by atoms with Crippen LogP contribution in [0.25, 0.3) is 0 Å². The van der Waals surface area contributed by atoms with Crippen LogP contribution >= 0.6 is 11.8 Å². The predicted octanol–water partition coefficient (Wildman–Crippen LogP) is 7.12. The number of aliphatic hydroxyl groups is 1. The Morgan fingerprint density at radius 1 is 1.30 bits per heavy atom. The van der Waals surface area contributed by atoms with E-state index in [0.717, 1.165) is 55.9 Å². The monoisotopic (exact) mass is 533 g/mol. The van der Waals surface area contributed by atoms with Crippen LogP contribution in [0, 0.1) is 17.3 Å². The molecule has 0 saturated heterocycles. The zero-order chi connectivity index (χ0) is 28.0. The molecule has 1 heterocycles. The lowest BCUT2D eigenvalue weighted by molar-refractivity contribution is -0.165. The number of carbonyl (C=O) groups is 2. The molecule has 0 aromatic rings. The molecule has 7 heteroatoms. The van der Waals surface area contributed by atoms with E-state index in [0.29, 0.717) is 29.0 Å². The highest BCUT2D eigenvalue weighted by Crippen LogP contribution is 2.46. The number of esters is 1. The van der Waals surface area contributed by atoms with Crippen LogP contribution in [0.1, 0.15) is 93.4 Å². The standard InChI is InChI=1S/C30H47NO5S/c1-9-24(35-18-20(4)32)16-25(29(6,7)8)21(5)37-27-26(33)17-30(19(2)3,36-28(27)34)15-14-22-10-12-23(31)13-11-22/h9,16,19,22-23,33H,5,10-15,17-18,31H2,1-4,6-8H3/b24-9-,25-16+. The van der Waals surface area contributed by atoms with Crippen molar-refractivity contribution in [2.24, 2.45) is 23.0 Å². The number of carbonyl (C=O) groups excluding carboxylic acids is 2. The number of ketones is 1. The summed E-state index contributed by atoms with van der Waals surface area (Å²) in [5.74, 6) is 0.699. The summed E-state index contributed by atoms with van der Waals surface area (Å²) in [6.45, 7) is 17.7. The minimum absolute atomic E-state index is 0.0174. The SMILES string of the molecule is C=C(SC1=C(O)CC(CCC2CCC(N)CC2)(C(C)C)OC1=O)/C(=C\C(=C\C)OCC(C)=O)C(C)(C)C. The molecule has 1 saturated carbocycles. The zero-order valence-electron chi connectivity index (χ0n) is 23.8. The van der Waals surface area contributed by atoms with E-state index >= 15 is 0 Å². The van der Waals surface area contributed by atoms with Crippen LogP contribution < -0.4 is 5.73 Å². The number of rotatable bonds is 11. The zero-order valence-corrected chi connectivity index (χ0v) is 24.6. The van der Waals surface area contributed by atoms with E-state index in [-0.39, 0.29) is 34.4 Å². The summed E-state index contributed by atoms with van der Waals surface area (Å²) < 4.78 is 11.7. The Balaban J connectivity index is 2.23. The van der Waals surface area contributed by atoms with Gasteiger partial charge >= 0.3 is 5.97 Å². The first-order valence-corrected chi connectivity index (χ1v) is 14.3. The molecule has 0 aromatic heterocycles. The van der Waals surface area contributed by atoms with Gasteiger partial charge in [0.05, 0.1) is 0 Å². The molecule has 6 nitrogen and oxygen atoms in total. The van der Waals surface area contributed by atoms with Gasteiger partial charge in [-0.05, 0) is 87.3 Å². The molecule has 1 fully saturated rings. The molecule has 1 aliphatic carbocycles. The molecule has 2 rings (SSSR count). The van der Waals surface area contributed by atoms with Crippen LogP contribution in [-0.4, -0.2) is 35.1 Å². The molecular weight excluding hydrogens is 486 g/mol. The molecule has 0 amide bonds. The molecular formula is C30H47NO5S. The molecule has 1 atom stereocenters. The summed E-state index contributed by atoms with van der Waals surface area (Å²) in [6, 6.07) is 0.305.